The summed E-state index contributed by atoms with van der Waals surface area (Å²) in [5.74, 6) is 1.01. The minimum absolute atomic E-state index is 0.0619. The Morgan fingerprint density at radius 3 is 2.76 bits per heavy atom. The van der Waals surface area contributed by atoms with Crippen LogP contribution < -0.4 is 5.73 Å². The van der Waals surface area contributed by atoms with Crippen LogP contribution in [0.2, 0.25) is 0 Å². The van der Waals surface area contributed by atoms with E-state index in [4.69, 9.17) is 10.5 Å². The molecule has 88 valence electrons. The first-order valence-electron chi connectivity index (χ1n) is 5.61. The molecule has 17 heavy (non-hydrogen) atoms. The van der Waals surface area contributed by atoms with Gasteiger partial charge in [-0.3, -0.25) is 0 Å². The summed E-state index contributed by atoms with van der Waals surface area (Å²) >= 11 is 1.50. The van der Waals surface area contributed by atoms with Gasteiger partial charge in [-0.1, -0.05) is 18.7 Å². The van der Waals surface area contributed by atoms with Crippen LogP contribution in [0.4, 0.5) is 0 Å². The predicted octanol–water partition coefficient (Wildman–Crippen LogP) is 0.834. The molecule has 0 bridgehead atoms. The quantitative estimate of drug-likeness (QED) is 0.741. The van der Waals surface area contributed by atoms with Crippen LogP contribution in [0.25, 0.3) is 0 Å². The largest absolute Gasteiger partial charge is 0.386 e. The lowest BCUT2D eigenvalue weighted by Crippen LogP contribution is -2.34. The summed E-state index contributed by atoms with van der Waals surface area (Å²) < 4.78 is 5.70. The normalized spacial score (nSPS) is 50.5. The molecule has 1 spiro atoms. The van der Waals surface area contributed by atoms with Gasteiger partial charge in [0, 0.05) is 11.7 Å². The number of nitrogens with two attached hydrogens (primary N) is 1. The average Bonchev–Trinajstić information content (AvgIpc) is 2.59. The molecule has 0 aromatic carbocycles. The van der Waals surface area contributed by atoms with E-state index in [0.717, 1.165) is 12.2 Å². The third kappa shape index (κ3) is 0.801. The molecule has 1 aliphatic carbocycles. The summed E-state index contributed by atoms with van der Waals surface area (Å²) in [7, 11) is 0. The van der Waals surface area contributed by atoms with Crippen LogP contribution >= 0.6 is 11.8 Å². The predicted molar refractivity (Wildman–Crippen MR) is 62.6 cm³/mol. The number of nitriles is 2. The number of hydrogen-bond donors (Lipinski definition) is 1. The highest BCUT2D eigenvalue weighted by Gasteiger charge is 2.92. The number of fused-ring (bicyclic) bond motifs is 2. The van der Waals surface area contributed by atoms with Gasteiger partial charge in [-0.15, -0.1) is 0 Å². The maximum Gasteiger partial charge on any atom is 0.230 e. The Labute approximate surface area is 104 Å². The summed E-state index contributed by atoms with van der Waals surface area (Å²) in [6.07, 6.45) is 0.739. The molecule has 0 aromatic rings. The summed E-state index contributed by atoms with van der Waals surface area (Å²) in [6.45, 7) is 2.53. The van der Waals surface area contributed by atoms with Crippen molar-refractivity contribution in [1.29, 1.82) is 10.5 Å². The van der Waals surface area contributed by atoms with Crippen molar-refractivity contribution in [3.8, 4) is 12.1 Å². The Kier molecular flexibility index (Phi) is 1.89. The summed E-state index contributed by atoms with van der Waals surface area (Å²) in [4.78, 5) is 4.32. The smallest absolute Gasteiger partial charge is 0.230 e. The first kappa shape index (κ1) is 10.9. The van der Waals surface area contributed by atoms with Gasteiger partial charge in [0.1, 0.15) is 16.7 Å². The summed E-state index contributed by atoms with van der Waals surface area (Å²) in [5.41, 5.74) is 4.13. The molecule has 0 unspecified atom stereocenters. The molecule has 0 aromatic heterocycles. The first-order valence-corrected chi connectivity index (χ1v) is 6.60. The number of thioether (sulfide) groups is 1. The van der Waals surface area contributed by atoms with Gasteiger partial charge in [0.15, 0.2) is 0 Å². The highest BCUT2D eigenvalue weighted by molar-refractivity contribution is 8.00. The molecule has 1 saturated heterocycles. The van der Waals surface area contributed by atoms with E-state index in [9.17, 15) is 10.5 Å². The average molecular weight is 248 g/mol. The Morgan fingerprint density at radius 1 is 1.59 bits per heavy atom. The molecule has 0 amide bonds. The van der Waals surface area contributed by atoms with Crippen molar-refractivity contribution in [1.82, 2.24) is 0 Å². The van der Waals surface area contributed by atoms with Gasteiger partial charge >= 0.3 is 0 Å². The molecule has 2 N–H and O–H groups in total. The number of ether oxygens (including phenoxy) is 1. The van der Waals surface area contributed by atoms with E-state index >= 15 is 0 Å². The van der Waals surface area contributed by atoms with Crippen molar-refractivity contribution in [3.05, 3.63) is 0 Å². The van der Waals surface area contributed by atoms with E-state index in [1.165, 1.54) is 11.8 Å². The second-order valence-electron chi connectivity index (χ2n) is 4.58. The van der Waals surface area contributed by atoms with E-state index in [0.29, 0.717) is 6.61 Å². The Hall–Kier alpha value is -1.24. The number of hydrogen-bond acceptors (Lipinski definition) is 6. The molecule has 5 nitrogen and oxygen atoms in total. The van der Waals surface area contributed by atoms with Crippen molar-refractivity contribution >= 4 is 17.6 Å². The van der Waals surface area contributed by atoms with Gasteiger partial charge in [-0.05, 0) is 6.42 Å². The molecule has 2 heterocycles. The highest BCUT2D eigenvalue weighted by Crippen LogP contribution is 2.81. The van der Waals surface area contributed by atoms with Crippen molar-refractivity contribution in [2.24, 2.45) is 27.5 Å². The number of nitrogens with zero attached hydrogens (tertiary/aromatic N) is 3. The number of aliphatic imine (C=N–C) groups is 1. The highest BCUT2D eigenvalue weighted by atomic mass is 32.2. The van der Waals surface area contributed by atoms with Gasteiger partial charge in [-0.2, -0.15) is 10.5 Å². The van der Waals surface area contributed by atoms with E-state index < -0.39 is 15.9 Å². The minimum Gasteiger partial charge on any atom is -0.386 e. The molecule has 6 heteroatoms. The van der Waals surface area contributed by atoms with Crippen LogP contribution in [0, 0.1) is 39.4 Å². The lowest BCUT2D eigenvalue weighted by Gasteiger charge is -2.25. The zero-order valence-corrected chi connectivity index (χ0v) is 10.3. The molecule has 2 aliphatic heterocycles. The van der Waals surface area contributed by atoms with Crippen LogP contribution in [0.5, 0.6) is 0 Å². The molecule has 3 rings (SSSR count). The molecule has 3 aliphatic rings. The van der Waals surface area contributed by atoms with Gasteiger partial charge in [0.25, 0.3) is 0 Å². The topological polar surface area (TPSA) is 95.2 Å². The fraction of sp³-hybridized carbons (Fsp3) is 0.727. The summed E-state index contributed by atoms with van der Waals surface area (Å²) in [5, 5.41) is 18.1. The molecular formula is C11H12N4OS. The molecule has 4 atom stereocenters. The van der Waals surface area contributed by atoms with Crippen LogP contribution in [0.15, 0.2) is 4.99 Å². The Balaban J connectivity index is 2.20. The second kappa shape index (κ2) is 2.95. The van der Waals surface area contributed by atoms with E-state index in [2.05, 4.69) is 17.1 Å². The van der Waals surface area contributed by atoms with Crippen molar-refractivity contribution in [3.63, 3.8) is 0 Å². The fourth-order valence-corrected chi connectivity index (χ4v) is 4.85. The van der Waals surface area contributed by atoms with Crippen LogP contribution in [-0.2, 0) is 4.74 Å². The van der Waals surface area contributed by atoms with Crippen molar-refractivity contribution in [2.45, 2.75) is 18.4 Å². The zero-order valence-electron chi connectivity index (χ0n) is 9.43. The van der Waals surface area contributed by atoms with Gasteiger partial charge in [-0.25, -0.2) is 4.99 Å². The third-order valence-corrected chi connectivity index (χ3v) is 5.49. The molecule has 1 saturated carbocycles. The van der Waals surface area contributed by atoms with Gasteiger partial charge in [0.05, 0.1) is 18.7 Å². The monoisotopic (exact) mass is 248 g/mol. The third-order valence-electron chi connectivity index (χ3n) is 4.19. The van der Waals surface area contributed by atoms with Gasteiger partial charge < -0.3 is 10.5 Å². The maximum absolute atomic E-state index is 9.58. The second-order valence-corrected chi connectivity index (χ2v) is 5.83. The SMILES string of the molecule is CC[C@H]1[C@@]2(C#N)[C@@]3(N=C(N)[C@@]12C#N)OCCS3. The Bertz CT molecular complexity index is 499. The fourth-order valence-electron chi connectivity index (χ4n) is 3.50. The zero-order chi connectivity index (χ0) is 12.3. The lowest BCUT2D eigenvalue weighted by molar-refractivity contribution is 0.0166. The first-order chi connectivity index (χ1) is 8.15. The van der Waals surface area contributed by atoms with E-state index in [1.807, 2.05) is 6.92 Å². The standard InChI is InChI=1S/C11H12N4OS/c1-2-7-9(5-12)8(14)15-11(10(7,9)6-13)16-3-4-17-11/h7H,2-4H2,1H3,(H2,14,15)/t7-,9-,10-,11-/m1/s1. The molecule has 0 radical (unpaired) electrons. The Morgan fingerprint density at radius 2 is 2.35 bits per heavy atom. The van der Waals surface area contributed by atoms with Crippen molar-refractivity contribution in [2.75, 3.05) is 12.4 Å². The van der Waals surface area contributed by atoms with Crippen LogP contribution in [-0.4, -0.2) is 23.3 Å². The number of amidine groups is 1. The van der Waals surface area contributed by atoms with E-state index in [-0.39, 0.29) is 11.8 Å². The van der Waals surface area contributed by atoms with Crippen LogP contribution in [0.3, 0.4) is 0 Å². The minimum atomic E-state index is -0.928. The summed E-state index contributed by atoms with van der Waals surface area (Å²) in [6, 6.07) is 4.54. The van der Waals surface area contributed by atoms with Gasteiger partial charge in [0.2, 0.25) is 5.06 Å². The number of rotatable bonds is 1. The molecular weight excluding hydrogens is 236 g/mol. The van der Waals surface area contributed by atoms with Crippen molar-refractivity contribution < 1.29 is 4.74 Å². The van der Waals surface area contributed by atoms with E-state index in [1.54, 1.807) is 0 Å². The maximum atomic E-state index is 9.58. The molecule has 2 fully saturated rings. The lowest BCUT2D eigenvalue weighted by atomic mass is 9.95. The van der Waals surface area contributed by atoms with Crippen LogP contribution in [0.1, 0.15) is 13.3 Å².